The standard InChI is InChI=1S/C13H22N2O2/c1-4-6-17-12-7-11(8-15-9-12)13(3,16)10-14-5-2/h7-9,14,16H,4-6,10H2,1-3H3. The SMILES string of the molecule is CCCOc1cncc(C(C)(O)CNCC)c1. The van der Waals surface area contributed by atoms with Crippen molar-refractivity contribution in [1.29, 1.82) is 0 Å². The van der Waals surface area contributed by atoms with Crippen molar-refractivity contribution in [3.63, 3.8) is 0 Å². The van der Waals surface area contributed by atoms with Gasteiger partial charge in [0.2, 0.25) is 0 Å². The van der Waals surface area contributed by atoms with Gasteiger partial charge in [0.15, 0.2) is 0 Å². The second-order valence-electron chi connectivity index (χ2n) is 4.31. The zero-order chi connectivity index (χ0) is 12.7. The topological polar surface area (TPSA) is 54.4 Å². The minimum Gasteiger partial charge on any atom is -0.492 e. The molecule has 0 aliphatic rings. The van der Waals surface area contributed by atoms with Crippen molar-refractivity contribution >= 4 is 0 Å². The molecule has 1 heterocycles. The van der Waals surface area contributed by atoms with Crippen molar-refractivity contribution in [3.05, 3.63) is 24.0 Å². The van der Waals surface area contributed by atoms with Crippen LogP contribution in [0.3, 0.4) is 0 Å². The fraction of sp³-hybridized carbons (Fsp3) is 0.615. The summed E-state index contributed by atoms with van der Waals surface area (Å²) in [4.78, 5) is 4.10. The van der Waals surface area contributed by atoms with Crippen molar-refractivity contribution in [2.24, 2.45) is 0 Å². The van der Waals surface area contributed by atoms with E-state index in [1.165, 1.54) is 0 Å². The molecule has 1 aromatic heterocycles. The first-order chi connectivity index (χ1) is 8.10. The molecule has 2 N–H and O–H groups in total. The predicted octanol–water partition coefficient (Wildman–Crippen LogP) is 1.69. The highest BCUT2D eigenvalue weighted by atomic mass is 16.5. The Morgan fingerprint density at radius 2 is 2.18 bits per heavy atom. The van der Waals surface area contributed by atoms with E-state index in [-0.39, 0.29) is 0 Å². The molecule has 96 valence electrons. The number of aromatic nitrogens is 1. The van der Waals surface area contributed by atoms with Gasteiger partial charge in [0, 0.05) is 18.3 Å². The third-order valence-electron chi connectivity index (χ3n) is 2.53. The summed E-state index contributed by atoms with van der Waals surface area (Å²) in [6.07, 6.45) is 4.30. The molecule has 0 saturated heterocycles. The van der Waals surface area contributed by atoms with Gasteiger partial charge in [-0.2, -0.15) is 0 Å². The lowest BCUT2D eigenvalue weighted by Gasteiger charge is -2.24. The Morgan fingerprint density at radius 1 is 1.41 bits per heavy atom. The number of hydrogen-bond acceptors (Lipinski definition) is 4. The van der Waals surface area contributed by atoms with Gasteiger partial charge in [-0.15, -0.1) is 0 Å². The fourth-order valence-electron chi connectivity index (χ4n) is 1.48. The highest BCUT2D eigenvalue weighted by Gasteiger charge is 2.23. The van der Waals surface area contributed by atoms with Crippen LogP contribution in [0.2, 0.25) is 0 Å². The maximum Gasteiger partial charge on any atom is 0.137 e. The van der Waals surface area contributed by atoms with Crippen LogP contribution in [0, 0.1) is 0 Å². The first kappa shape index (κ1) is 13.9. The highest BCUT2D eigenvalue weighted by Crippen LogP contribution is 2.22. The first-order valence-electron chi connectivity index (χ1n) is 6.11. The molecule has 0 amide bonds. The molecule has 0 radical (unpaired) electrons. The Balaban J connectivity index is 2.75. The fourth-order valence-corrected chi connectivity index (χ4v) is 1.48. The summed E-state index contributed by atoms with van der Waals surface area (Å²) in [5.41, 5.74) is -0.152. The summed E-state index contributed by atoms with van der Waals surface area (Å²) >= 11 is 0. The van der Waals surface area contributed by atoms with E-state index >= 15 is 0 Å². The summed E-state index contributed by atoms with van der Waals surface area (Å²) in [5, 5.41) is 13.4. The molecule has 0 bridgehead atoms. The highest BCUT2D eigenvalue weighted by molar-refractivity contribution is 5.28. The molecular formula is C13H22N2O2. The lowest BCUT2D eigenvalue weighted by atomic mass is 9.98. The molecule has 4 nitrogen and oxygen atoms in total. The molecule has 0 fully saturated rings. The molecule has 0 spiro atoms. The van der Waals surface area contributed by atoms with Crippen molar-refractivity contribution < 1.29 is 9.84 Å². The number of nitrogens with zero attached hydrogens (tertiary/aromatic N) is 1. The van der Waals surface area contributed by atoms with Crippen molar-refractivity contribution in [1.82, 2.24) is 10.3 Å². The average molecular weight is 238 g/mol. The Morgan fingerprint density at radius 3 is 2.82 bits per heavy atom. The van der Waals surface area contributed by atoms with Crippen LogP contribution in [0.15, 0.2) is 18.5 Å². The molecule has 0 aromatic carbocycles. The van der Waals surface area contributed by atoms with E-state index in [1.807, 2.05) is 13.0 Å². The molecule has 0 aliphatic carbocycles. The molecule has 1 aromatic rings. The van der Waals surface area contributed by atoms with E-state index in [1.54, 1.807) is 19.3 Å². The lowest BCUT2D eigenvalue weighted by molar-refractivity contribution is 0.0569. The number of ether oxygens (including phenoxy) is 1. The van der Waals surface area contributed by atoms with Crippen LogP contribution in [0.4, 0.5) is 0 Å². The third-order valence-corrected chi connectivity index (χ3v) is 2.53. The normalized spacial score (nSPS) is 14.4. The summed E-state index contributed by atoms with van der Waals surface area (Å²) in [5.74, 6) is 0.709. The smallest absolute Gasteiger partial charge is 0.137 e. The number of likely N-dealkylation sites (N-methyl/N-ethyl adjacent to an activating group) is 1. The van der Waals surface area contributed by atoms with Gasteiger partial charge < -0.3 is 15.2 Å². The van der Waals surface area contributed by atoms with Gasteiger partial charge in [-0.25, -0.2) is 0 Å². The van der Waals surface area contributed by atoms with E-state index in [2.05, 4.69) is 17.2 Å². The molecule has 17 heavy (non-hydrogen) atoms. The molecular weight excluding hydrogens is 216 g/mol. The van der Waals surface area contributed by atoms with E-state index < -0.39 is 5.60 Å². The van der Waals surface area contributed by atoms with Gasteiger partial charge in [-0.1, -0.05) is 13.8 Å². The molecule has 0 saturated carbocycles. The summed E-state index contributed by atoms with van der Waals surface area (Å²) in [7, 11) is 0. The zero-order valence-corrected chi connectivity index (χ0v) is 10.9. The van der Waals surface area contributed by atoms with Crippen LogP contribution in [0.1, 0.15) is 32.8 Å². The van der Waals surface area contributed by atoms with Gasteiger partial charge >= 0.3 is 0 Å². The van der Waals surface area contributed by atoms with Crippen molar-refractivity contribution in [2.75, 3.05) is 19.7 Å². The second-order valence-corrected chi connectivity index (χ2v) is 4.31. The van der Waals surface area contributed by atoms with Gasteiger partial charge in [-0.3, -0.25) is 4.98 Å². The van der Waals surface area contributed by atoms with Crippen LogP contribution >= 0.6 is 0 Å². The first-order valence-corrected chi connectivity index (χ1v) is 6.11. The Bertz CT molecular complexity index is 340. The molecule has 0 aliphatic heterocycles. The third kappa shape index (κ3) is 4.32. The second kappa shape index (κ2) is 6.57. The summed E-state index contributed by atoms with van der Waals surface area (Å²) in [6, 6.07) is 1.85. The van der Waals surface area contributed by atoms with Crippen LogP contribution < -0.4 is 10.1 Å². The number of rotatable bonds is 7. The minimum absolute atomic E-state index is 0.502. The zero-order valence-electron chi connectivity index (χ0n) is 10.9. The van der Waals surface area contributed by atoms with Gasteiger partial charge in [0.1, 0.15) is 11.4 Å². The van der Waals surface area contributed by atoms with Gasteiger partial charge in [0.05, 0.1) is 12.8 Å². The Labute approximate surface area is 103 Å². The van der Waals surface area contributed by atoms with Gasteiger partial charge in [-0.05, 0) is 26.0 Å². The molecule has 1 atom stereocenters. The molecule has 1 rings (SSSR count). The maximum atomic E-state index is 10.3. The van der Waals surface area contributed by atoms with E-state index in [0.29, 0.717) is 18.9 Å². The molecule has 1 unspecified atom stereocenters. The van der Waals surface area contributed by atoms with Crippen LogP contribution in [-0.4, -0.2) is 29.8 Å². The average Bonchev–Trinajstić information content (AvgIpc) is 2.34. The molecule has 4 heteroatoms. The lowest BCUT2D eigenvalue weighted by Crippen LogP contribution is -2.35. The van der Waals surface area contributed by atoms with E-state index in [9.17, 15) is 5.11 Å². The van der Waals surface area contributed by atoms with Gasteiger partial charge in [0.25, 0.3) is 0 Å². The monoisotopic (exact) mass is 238 g/mol. The number of aliphatic hydroxyl groups is 1. The van der Waals surface area contributed by atoms with Crippen molar-refractivity contribution in [2.45, 2.75) is 32.8 Å². The summed E-state index contributed by atoms with van der Waals surface area (Å²) < 4.78 is 5.50. The number of nitrogens with one attached hydrogen (secondary N) is 1. The van der Waals surface area contributed by atoms with E-state index in [0.717, 1.165) is 18.5 Å². The van der Waals surface area contributed by atoms with Crippen LogP contribution in [-0.2, 0) is 5.60 Å². The number of hydrogen-bond donors (Lipinski definition) is 2. The van der Waals surface area contributed by atoms with Crippen LogP contribution in [0.5, 0.6) is 5.75 Å². The predicted molar refractivity (Wildman–Crippen MR) is 68.1 cm³/mol. The Kier molecular flexibility index (Phi) is 5.38. The minimum atomic E-state index is -0.922. The van der Waals surface area contributed by atoms with Crippen LogP contribution in [0.25, 0.3) is 0 Å². The largest absolute Gasteiger partial charge is 0.492 e. The number of pyridine rings is 1. The quantitative estimate of drug-likeness (QED) is 0.759. The van der Waals surface area contributed by atoms with E-state index in [4.69, 9.17) is 4.74 Å². The van der Waals surface area contributed by atoms with Crippen molar-refractivity contribution in [3.8, 4) is 5.75 Å². The Hall–Kier alpha value is -1.13. The maximum absolute atomic E-state index is 10.3. The summed E-state index contributed by atoms with van der Waals surface area (Å²) in [6.45, 7) is 7.84.